The van der Waals surface area contributed by atoms with Gasteiger partial charge in [0, 0.05) is 40.5 Å². The number of methoxy groups -OCH3 is 1. The summed E-state index contributed by atoms with van der Waals surface area (Å²) in [7, 11) is 1.47. The third kappa shape index (κ3) is 13.8. The molecule has 0 bridgehead atoms. The van der Waals surface area contributed by atoms with Crippen LogP contribution in [0.1, 0.15) is 76.9 Å². The number of carbonyl (C=O) groups excluding carboxylic acids is 6. The van der Waals surface area contributed by atoms with E-state index in [1.807, 2.05) is 42.5 Å². The number of esters is 2. The maximum atomic E-state index is 14.4. The highest BCUT2D eigenvalue weighted by Crippen LogP contribution is 2.22. The summed E-state index contributed by atoms with van der Waals surface area (Å²) in [6, 6.07) is 22.3. The van der Waals surface area contributed by atoms with E-state index in [1.165, 1.54) is 7.11 Å². The van der Waals surface area contributed by atoms with Gasteiger partial charge < -0.3 is 40.5 Å². The number of hydrogen-bond acceptors (Lipinski definition) is 9. The first-order valence-electron chi connectivity index (χ1n) is 19.8. The van der Waals surface area contributed by atoms with E-state index >= 15 is 0 Å². The maximum Gasteiger partial charge on any atom is 0.308 e. The standard InChI is InChI=1S/C46H52ClN5O9/c1-45(2,3)60-39(53)20-19-35(41(55)48-32-13-10-14-33(25-32)59-7)50-44(58)38(26-40(54)61-46(4,5)6)52-42(56)36(22-27-15-16-28-11-8-9-12-29(28)21-27)51-43(57)37-24-30-23-31(47)17-18-34(30)49-37/h8-18,21,23-25,35-36,38,49H,19-20,22,26H2,1-7H3,(H,48,55)(H,50,58)(H,51,57)(H,52,56)/t35-,36+,38-/m0/s1. The van der Waals surface area contributed by atoms with Gasteiger partial charge in [-0.2, -0.15) is 0 Å². The van der Waals surface area contributed by atoms with Gasteiger partial charge in [-0.05, 0) is 101 Å². The topological polar surface area (TPSA) is 194 Å². The molecule has 61 heavy (non-hydrogen) atoms. The zero-order chi connectivity index (χ0) is 44.5. The van der Waals surface area contributed by atoms with E-state index in [2.05, 4.69) is 26.3 Å². The Hall–Kier alpha value is -6.41. The lowest BCUT2D eigenvalue weighted by atomic mass is 10.0. The van der Waals surface area contributed by atoms with Crippen LogP contribution in [-0.4, -0.2) is 77.0 Å². The van der Waals surface area contributed by atoms with Crippen LogP contribution in [0.15, 0.2) is 91.0 Å². The van der Waals surface area contributed by atoms with Gasteiger partial charge in [-0.15, -0.1) is 0 Å². The second-order valence-corrected chi connectivity index (χ2v) is 17.0. The second-order valence-electron chi connectivity index (χ2n) is 16.6. The Balaban J connectivity index is 1.44. The normalized spacial score (nSPS) is 13.0. The number of aromatic amines is 1. The number of ether oxygens (including phenoxy) is 3. The number of hydrogen-bond donors (Lipinski definition) is 5. The van der Waals surface area contributed by atoms with Crippen molar-refractivity contribution in [1.29, 1.82) is 0 Å². The molecule has 3 atom stereocenters. The number of halogens is 1. The van der Waals surface area contributed by atoms with Gasteiger partial charge >= 0.3 is 11.9 Å². The molecule has 4 aromatic carbocycles. The lowest BCUT2D eigenvalue weighted by molar-refractivity contribution is -0.156. The SMILES string of the molecule is COc1cccc(NC(=O)[C@H](CCC(=O)OC(C)(C)C)NC(=O)[C@H](CC(=O)OC(C)(C)C)NC(=O)[C@@H](Cc2ccc3ccccc3c2)NC(=O)c2cc3cc(Cl)ccc3[nH]2)c1. The molecule has 1 heterocycles. The summed E-state index contributed by atoms with van der Waals surface area (Å²) in [5.41, 5.74) is 0.118. The first kappa shape index (κ1) is 45.7. The minimum atomic E-state index is -1.60. The Morgan fingerprint density at radius 3 is 2.03 bits per heavy atom. The number of rotatable bonds is 16. The molecule has 0 fully saturated rings. The molecule has 4 amide bonds. The summed E-state index contributed by atoms with van der Waals surface area (Å²) in [4.78, 5) is 85.4. The number of carbonyl (C=O) groups is 6. The highest BCUT2D eigenvalue weighted by atomic mass is 35.5. The lowest BCUT2D eigenvalue weighted by Crippen LogP contribution is -2.57. The minimum Gasteiger partial charge on any atom is -0.497 e. The Kier molecular flexibility index (Phi) is 14.8. The summed E-state index contributed by atoms with van der Waals surface area (Å²) in [5, 5.41) is 13.9. The van der Waals surface area contributed by atoms with Crippen molar-refractivity contribution in [2.45, 2.75) is 96.6 Å². The molecule has 1 aromatic heterocycles. The summed E-state index contributed by atoms with van der Waals surface area (Å²) < 4.78 is 16.2. The molecule has 5 aromatic rings. The van der Waals surface area contributed by atoms with Gasteiger partial charge in [0.1, 0.15) is 40.8 Å². The monoisotopic (exact) mass is 853 g/mol. The van der Waals surface area contributed by atoms with E-state index in [0.717, 1.165) is 10.8 Å². The Morgan fingerprint density at radius 2 is 1.33 bits per heavy atom. The van der Waals surface area contributed by atoms with Crippen molar-refractivity contribution >= 4 is 74.5 Å². The van der Waals surface area contributed by atoms with Crippen molar-refractivity contribution in [3.8, 4) is 5.75 Å². The van der Waals surface area contributed by atoms with Crippen molar-refractivity contribution in [3.63, 3.8) is 0 Å². The molecular weight excluding hydrogens is 802 g/mol. The van der Waals surface area contributed by atoms with Gasteiger partial charge in [0.15, 0.2) is 0 Å². The fourth-order valence-electron chi connectivity index (χ4n) is 6.43. The molecule has 0 aliphatic heterocycles. The molecule has 0 saturated carbocycles. The van der Waals surface area contributed by atoms with Crippen LogP contribution in [0.3, 0.4) is 0 Å². The number of amides is 4. The highest BCUT2D eigenvalue weighted by Gasteiger charge is 2.34. The molecule has 5 N–H and O–H groups in total. The van der Waals surface area contributed by atoms with E-state index < -0.39 is 71.3 Å². The number of aromatic nitrogens is 1. The molecule has 5 rings (SSSR count). The molecule has 15 heteroatoms. The Bertz CT molecular complexity index is 2420. The zero-order valence-corrected chi connectivity index (χ0v) is 36.0. The zero-order valence-electron chi connectivity index (χ0n) is 35.3. The fourth-order valence-corrected chi connectivity index (χ4v) is 6.61. The van der Waals surface area contributed by atoms with E-state index in [1.54, 1.807) is 90.1 Å². The van der Waals surface area contributed by atoms with Crippen LogP contribution in [0.25, 0.3) is 21.7 Å². The van der Waals surface area contributed by atoms with E-state index in [-0.39, 0.29) is 25.0 Å². The van der Waals surface area contributed by atoms with Crippen LogP contribution in [0.5, 0.6) is 5.75 Å². The molecule has 0 unspecified atom stereocenters. The summed E-state index contributed by atoms with van der Waals surface area (Å²) in [6.07, 6.45) is -1.09. The average Bonchev–Trinajstić information content (AvgIpc) is 3.61. The first-order valence-corrected chi connectivity index (χ1v) is 20.2. The molecular formula is C46H52ClN5O9. The van der Waals surface area contributed by atoms with Crippen molar-refractivity contribution in [2.24, 2.45) is 0 Å². The molecule has 0 spiro atoms. The largest absolute Gasteiger partial charge is 0.497 e. The van der Waals surface area contributed by atoms with Gasteiger partial charge in [0.25, 0.3) is 5.91 Å². The molecule has 0 radical (unpaired) electrons. The fraction of sp³-hybridized carbons (Fsp3) is 0.348. The van der Waals surface area contributed by atoms with Gasteiger partial charge in [0.2, 0.25) is 17.7 Å². The van der Waals surface area contributed by atoms with E-state index in [0.29, 0.717) is 32.9 Å². The third-order valence-electron chi connectivity index (χ3n) is 9.15. The average molecular weight is 854 g/mol. The van der Waals surface area contributed by atoms with Gasteiger partial charge in [-0.3, -0.25) is 28.8 Å². The van der Waals surface area contributed by atoms with Crippen LogP contribution in [-0.2, 0) is 39.9 Å². The predicted molar refractivity (Wildman–Crippen MR) is 233 cm³/mol. The number of benzene rings is 4. The third-order valence-corrected chi connectivity index (χ3v) is 9.39. The first-order chi connectivity index (χ1) is 28.7. The Morgan fingerprint density at radius 1 is 0.656 bits per heavy atom. The van der Waals surface area contributed by atoms with Crippen LogP contribution < -0.4 is 26.0 Å². The quantitative estimate of drug-likeness (QED) is 0.0665. The Labute approximate surface area is 359 Å². The smallest absolute Gasteiger partial charge is 0.308 e. The molecule has 0 aliphatic carbocycles. The van der Waals surface area contributed by atoms with Crippen LogP contribution >= 0.6 is 11.6 Å². The minimum absolute atomic E-state index is 0.00328. The van der Waals surface area contributed by atoms with Crippen molar-refractivity contribution in [3.05, 3.63) is 107 Å². The number of fused-ring (bicyclic) bond motifs is 2. The maximum absolute atomic E-state index is 14.4. The summed E-state index contributed by atoms with van der Waals surface area (Å²) >= 11 is 6.18. The van der Waals surface area contributed by atoms with Crippen LogP contribution in [0, 0.1) is 0 Å². The number of anilines is 1. The van der Waals surface area contributed by atoms with Gasteiger partial charge in [0.05, 0.1) is 13.5 Å². The number of nitrogens with one attached hydrogen (secondary N) is 5. The number of H-pyrrole nitrogens is 1. The highest BCUT2D eigenvalue weighted by molar-refractivity contribution is 6.31. The molecule has 0 saturated heterocycles. The lowest BCUT2D eigenvalue weighted by Gasteiger charge is -2.26. The second kappa shape index (κ2) is 19.8. The summed E-state index contributed by atoms with van der Waals surface area (Å²) in [6.45, 7) is 10.1. The van der Waals surface area contributed by atoms with E-state index in [4.69, 9.17) is 25.8 Å². The van der Waals surface area contributed by atoms with Gasteiger partial charge in [-0.1, -0.05) is 60.1 Å². The van der Waals surface area contributed by atoms with Crippen LogP contribution in [0.2, 0.25) is 5.02 Å². The van der Waals surface area contributed by atoms with E-state index in [9.17, 15) is 28.8 Å². The molecule has 14 nitrogen and oxygen atoms in total. The van der Waals surface area contributed by atoms with Gasteiger partial charge in [-0.25, -0.2) is 0 Å². The van der Waals surface area contributed by atoms with Crippen molar-refractivity contribution in [2.75, 3.05) is 12.4 Å². The molecule has 0 aliphatic rings. The molecule has 322 valence electrons. The predicted octanol–water partition coefficient (Wildman–Crippen LogP) is 6.79. The van der Waals surface area contributed by atoms with Crippen LogP contribution in [0.4, 0.5) is 5.69 Å². The van der Waals surface area contributed by atoms with Crippen molar-refractivity contribution < 1.29 is 43.0 Å². The van der Waals surface area contributed by atoms with Crippen molar-refractivity contribution in [1.82, 2.24) is 20.9 Å². The summed E-state index contributed by atoms with van der Waals surface area (Å²) in [5.74, 6) is -3.97.